The molecule has 1 amide bonds. The first-order chi connectivity index (χ1) is 16.8. The van der Waals surface area contributed by atoms with Crippen molar-refractivity contribution in [3.05, 3.63) is 54.1 Å². The molecule has 2 aromatic heterocycles. The highest BCUT2D eigenvalue weighted by molar-refractivity contribution is 7.99. The fourth-order valence-electron chi connectivity index (χ4n) is 3.85. The third-order valence-electron chi connectivity index (χ3n) is 5.65. The Morgan fingerprint density at radius 1 is 1.09 bits per heavy atom. The number of aromatic nitrogens is 3. The molecule has 4 aromatic rings. The first kappa shape index (κ1) is 25.0. The van der Waals surface area contributed by atoms with E-state index in [0.717, 1.165) is 27.9 Å². The number of ether oxygens (including phenoxy) is 1. The predicted molar refractivity (Wildman–Crippen MR) is 138 cm³/mol. The van der Waals surface area contributed by atoms with Gasteiger partial charge in [0.1, 0.15) is 5.75 Å². The van der Waals surface area contributed by atoms with Crippen molar-refractivity contribution in [2.45, 2.75) is 30.8 Å². The maximum Gasteiger partial charge on any atom is 0.243 e. The number of nitrogens with one attached hydrogen (secondary N) is 1. The molecule has 0 saturated heterocycles. The number of anilines is 1. The number of nitrogens with zero attached hydrogens (tertiary/aromatic N) is 4. The molecule has 2 aromatic carbocycles. The summed E-state index contributed by atoms with van der Waals surface area (Å²) in [4.78, 5) is 12.8. The van der Waals surface area contributed by atoms with Gasteiger partial charge in [-0.2, -0.15) is 4.31 Å². The largest absolute Gasteiger partial charge is 0.497 e. The number of amides is 1. The fraction of sp³-hybridized carbons (Fsp3) is 0.292. The summed E-state index contributed by atoms with van der Waals surface area (Å²) < 4.78 is 34.0. The summed E-state index contributed by atoms with van der Waals surface area (Å²) in [5.41, 5.74) is 3.11. The van der Waals surface area contributed by atoms with E-state index in [4.69, 9.17) is 4.74 Å². The number of carbonyl (C=O) groups is 1. The summed E-state index contributed by atoms with van der Waals surface area (Å²) in [6.07, 6.45) is 0. The Labute approximate surface area is 208 Å². The SMILES string of the molecule is CCN(CC)S(=O)(=O)c1ccc(NC(=O)CSc2nnc3c(C)cc4ccc(OC)cc4n23)cc1. The van der Waals surface area contributed by atoms with Gasteiger partial charge in [0.2, 0.25) is 15.9 Å². The van der Waals surface area contributed by atoms with Gasteiger partial charge in [-0.1, -0.05) is 25.6 Å². The number of hydrogen-bond donors (Lipinski definition) is 1. The average Bonchev–Trinajstić information content (AvgIpc) is 3.29. The monoisotopic (exact) mass is 513 g/mol. The molecule has 0 unspecified atom stereocenters. The van der Waals surface area contributed by atoms with Crippen LogP contribution in [0.15, 0.2) is 58.6 Å². The molecule has 0 radical (unpaired) electrons. The van der Waals surface area contributed by atoms with Crippen LogP contribution in [0, 0.1) is 6.92 Å². The highest BCUT2D eigenvalue weighted by Crippen LogP contribution is 2.28. The number of aryl methyl sites for hydroxylation is 1. The van der Waals surface area contributed by atoms with Crippen LogP contribution in [0.1, 0.15) is 19.4 Å². The lowest BCUT2D eigenvalue weighted by Gasteiger charge is -2.18. The van der Waals surface area contributed by atoms with E-state index in [2.05, 4.69) is 15.5 Å². The van der Waals surface area contributed by atoms with Crippen molar-refractivity contribution in [3.8, 4) is 5.75 Å². The Bertz CT molecular complexity index is 1480. The van der Waals surface area contributed by atoms with E-state index in [0.29, 0.717) is 23.9 Å². The van der Waals surface area contributed by atoms with E-state index in [-0.39, 0.29) is 16.6 Å². The topological polar surface area (TPSA) is 106 Å². The molecule has 11 heteroatoms. The number of carbonyl (C=O) groups excluding carboxylic acids is 1. The minimum atomic E-state index is -3.54. The molecule has 0 bridgehead atoms. The number of pyridine rings is 1. The molecule has 9 nitrogen and oxygen atoms in total. The maximum atomic E-state index is 12.6. The van der Waals surface area contributed by atoms with Gasteiger partial charge in [-0.15, -0.1) is 10.2 Å². The molecular weight excluding hydrogens is 486 g/mol. The van der Waals surface area contributed by atoms with Gasteiger partial charge >= 0.3 is 0 Å². The number of benzene rings is 2. The molecule has 0 spiro atoms. The van der Waals surface area contributed by atoms with Gasteiger partial charge < -0.3 is 10.1 Å². The zero-order valence-corrected chi connectivity index (χ0v) is 21.6. The predicted octanol–water partition coefficient (Wildman–Crippen LogP) is 3.96. The van der Waals surface area contributed by atoms with Crippen LogP contribution in [-0.4, -0.2) is 59.2 Å². The van der Waals surface area contributed by atoms with E-state index in [9.17, 15) is 13.2 Å². The second-order valence-electron chi connectivity index (χ2n) is 7.84. The molecule has 4 rings (SSSR count). The molecule has 2 heterocycles. The smallest absolute Gasteiger partial charge is 0.243 e. The lowest BCUT2D eigenvalue weighted by molar-refractivity contribution is -0.113. The van der Waals surface area contributed by atoms with Crippen molar-refractivity contribution in [1.29, 1.82) is 0 Å². The second kappa shape index (κ2) is 10.2. The highest BCUT2D eigenvalue weighted by atomic mass is 32.2. The van der Waals surface area contributed by atoms with Crippen molar-refractivity contribution in [3.63, 3.8) is 0 Å². The van der Waals surface area contributed by atoms with Crippen LogP contribution in [0.4, 0.5) is 5.69 Å². The normalized spacial score (nSPS) is 11.9. The third-order valence-corrected chi connectivity index (χ3v) is 8.64. The van der Waals surface area contributed by atoms with Crippen molar-refractivity contribution in [2.24, 2.45) is 0 Å². The van der Waals surface area contributed by atoms with Crippen LogP contribution in [-0.2, 0) is 14.8 Å². The minimum absolute atomic E-state index is 0.111. The van der Waals surface area contributed by atoms with Gasteiger partial charge in [-0.25, -0.2) is 8.42 Å². The standard InChI is InChI=1S/C24H27N5O4S2/c1-5-28(6-2)35(31,32)20-11-8-18(9-12-20)25-22(30)15-34-24-27-26-23-16(3)13-17-7-10-19(33-4)14-21(17)29(23)24/h7-14H,5-6,15H2,1-4H3,(H,25,30). The molecule has 184 valence electrons. The summed E-state index contributed by atoms with van der Waals surface area (Å²) >= 11 is 1.27. The van der Waals surface area contributed by atoms with Gasteiger partial charge in [0.25, 0.3) is 0 Å². The first-order valence-electron chi connectivity index (χ1n) is 11.1. The average molecular weight is 514 g/mol. The first-order valence-corrected chi connectivity index (χ1v) is 13.6. The van der Waals surface area contributed by atoms with Crippen molar-refractivity contribution in [1.82, 2.24) is 18.9 Å². The second-order valence-corrected chi connectivity index (χ2v) is 10.7. The van der Waals surface area contributed by atoms with Crippen LogP contribution in [0.2, 0.25) is 0 Å². The Morgan fingerprint density at radius 3 is 2.46 bits per heavy atom. The highest BCUT2D eigenvalue weighted by Gasteiger charge is 2.21. The third kappa shape index (κ3) is 4.97. The summed E-state index contributed by atoms with van der Waals surface area (Å²) in [6.45, 7) is 6.36. The van der Waals surface area contributed by atoms with Gasteiger partial charge in [0.05, 0.1) is 23.3 Å². The lowest BCUT2D eigenvalue weighted by atomic mass is 10.1. The summed E-state index contributed by atoms with van der Waals surface area (Å²) in [7, 11) is -1.93. The molecule has 1 N–H and O–H groups in total. The van der Waals surface area contributed by atoms with Crippen LogP contribution in [0.25, 0.3) is 16.6 Å². The number of hydrogen-bond acceptors (Lipinski definition) is 7. The van der Waals surface area contributed by atoms with E-state index in [1.807, 2.05) is 35.6 Å². The summed E-state index contributed by atoms with van der Waals surface area (Å²) in [6, 6.07) is 14.0. The van der Waals surface area contributed by atoms with Crippen LogP contribution < -0.4 is 10.1 Å². The van der Waals surface area contributed by atoms with Gasteiger partial charge in [0, 0.05) is 24.8 Å². The van der Waals surface area contributed by atoms with Crippen molar-refractivity contribution < 1.29 is 17.9 Å². The van der Waals surface area contributed by atoms with Crippen LogP contribution >= 0.6 is 11.8 Å². The minimum Gasteiger partial charge on any atom is -0.497 e. The number of thioether (sulfide) groups is 1. The van der Waals surface area contributed by atoms with E-state index >= 15 is 0 Å². The van der Waals surface area contributed by atoms with Crippen LogP contribution in [0.5, 0.6) is 5.75 Å². The fourth-order valence-corrected chi connectivity index (χ4v) is 6.05. The molecule has 0 saturated carbocycles. The molecule has 35 heavy (non-hydrogen) atoms. The molecular formula is C24H27N5O4S2. The Balaban J connectivity index is 1.50. The summed E-state index contributed by atoms with van der Waals surface area (Å²) in [5, 5.41) is 13.0. The number of sulfonamides is 1. The van der Waals surface area contributed by atoms with Crippen molar-refractivity contribution in [2.75, 3.05) is 31.3 Å². The zero-order valence-electron chi connectivity index (χ0n) is 20.0. The number of fused-ring (bicyclic) bond motifs is 3. The van der Waals surface area contributed by atoms with E-state index in [1.165, 1.54) is 28.2 Å². The Kier molecular flexibility index (Phi) is 7.29. The van der Waals surface area contributed by atoms with Gasteiger partial charge in [-0.3, -0.25) is 9.20 Å². The molecule has 0 aliphatic carbocycles. The van der Waals surface area contributed by atoms with Crippen LogP contribution in [0.3, 0.4) is 0 Å². The van der Waals surface area contributed by atoms with E-state index < -0.39 is 10.0 Å². The zero-order chi connectivity index (χ0) is 25.2. The quantitative estimate of drug-likeness (QED) is 0.338. The van der Waals surface area contributed by atoms with Gasteiger partial charge in [-0.05, 0) is 60.3 Å². The molecule has 0 atom stereocenters. The van der Waals surface area contributed by atoms with Gasteiger partial charge in [0.15, 0.2) is 10.8 Å². The number of rotatable bonds is 9. The Morgan fingerprint density at radius 2 is 1.80 bits per heavy atom. The number of methoxy groups -OCH3 is 1. The maximum absolute atomic E-state index is 12.6. The molecule has 0 aliphatic rings. The lowest BCUT2D eigenvalue weighted by Crippen LogP contribution is -2.30. The van der Waals surface area contributed by atoms with Crippen molar-refractivity contribution >= 4 is 49.9 Å². The molecule has 0 aliphatic heterocycles. The Hall–Kier alpha value is -3.15. The molecule has 0 fully saturated rings. The summed E-state index contributed by atoms with van der Waals surface area (Å²) in [5.74, 6) is 0.594. The van der Waals surface area contributed by atoms with E-state index in [1.54, 1.807) is 33.1 Å².